The monoisotopic (exact) mass is 221 g/mol. The van der Waals surface area contributed by atoms with Crippen LogP contribution in [0.15, 0.2) is 10.5 Å². The first-order chi connectivity index (χ1) is 7.59. The minimum Gasteiger partial charge on any atom is -0.466 e. The molecule has 1 heterocycles. The van der Waals surface area contributed by atoms with Crippen LogP contribution in [-0.4, -0.2) is 6.54 Å². The SMILES string of the molecule is Cc1cc(CNCC2(C)CCCC2)c(C)o1. The lowest BCUT2D eigenvalue weighted by Crippen LogP contribution is -2.29. The summed E-state index contributed by atoms with van der Waals surface area (Å²) in [5.41, 5.74) is 1.84. The highest BCUT2D eigenvalue weighted by Gasteiger charge is 2.27. The van der Waals surface area contributed by atoms with E-state index in [0.717, 1.165) is 24.6 Å². The Balaban J connectivity index is 1.81. The fourth-order valence-corrected chi connectivity index (χ4v) is 2.76. The lowest BCUT2D eigenvalue weighted by atomic mass is 9.89. The first kappa shape index (κ1) is 11.7. The van der Waals surface area contributed by atoms with E-state index in [0.29, 0.717) is 5.41 Å². The number of rotatable bonds is 4. The lowest BCUT2D eigenvalue weighted by molar-refractivity contribution is 0.314. The van der Waals surface area contributed by atoms with Crippen molar-refractivity contribution >= 4 is 0 Å². The van der Waals surface area contributed by atoms with E-state index in [4.69, 9.17) is 4.42 Å². The van der Waals surface area contributed by atoms with Crippen LogP contribution in [0.1, 0.15) is 49.7 Å². The van der Waals surface area contributed by atoms with Gasteiger partial charge in [0, 0.05) is 18.7 Å². The number of furan rings is 1. The van der Waals surface area contributed by atoms with Gasteiger partial charge < -0.3 is 9.73 Å². The van der Waals surface area contributed by atoms with Crippen LogP contribution in [0.25, 0.3) is 0 Å². The van der Waals surface area contributed by atoms with Gasteiger partial charge in [-0.1, -0.05) is 19.8 Å². The molecule has 0 aliphatic heterocycles. The first-order valence-electron chi connectivity index (χ1n) is 6.36. The molecule has 0 atom stereocenters. The van der Waals surface area contributed by atoms with Crippen molar-refractivity contribution in [3.8, 4) is 0 Å². The van der Waals surface area contributed by atoms with Crippen molar-refractivity contribution in [3.05, 3.63) is 23.2 Å². The van der Waals surface area contributed by atoms with Crippen molar-refractivity contribution < 1.29 is 4.42 Å². The number of aryl methyl sites for hydroxylation is 2. The molecular weight excluding hydrogens is 198 g/mol. The molecule has 90 valence electrons. The van der Waals surface area contributed by atoms with Crippen molar-refractivity contribution in [2.75, 3.05) is 6.54 Å². The minimum absolute atomic E-state index is 0.534. The molecule has 0 radical (unpaired) electrons. The molecule has 0 saturated heterocycles. The summed E-state index contributed by atoms with van der Waals surface area (Å²) in [5.74, 6) is 2.07. The highest BCUT2D eigenvalue weighted by molar-refractivity contribution is 5.19. The highest BCUT2D eigenvalue weighted by atomic mass is 16.3. The maximum absolute atomic E-state index is 5.52. The van der Waals surface area contributed by atoms with E-state index in [2.05, 4.69) is 18.3 Å². The Morgan fingerprint density at radius 2 is 2.00 bits per heavy atom. The third-order valence-electron chi connectivity index (χ3n) is 3.82. The Morgan fingerprint density at radius 1 is 1.31 bits per heavy atom. The molecule has 0 amide bonds. The van der Waals surface area contributed by atoms with E-state index >= 15 is 0 Å². The van der Waals surface area contributed by atoms with Crippen LogP contribution >= 0.6 is 0 Å². The zero-order valence-corrected chi connectivity index (χ0v) is 10.7. The van der Waals surface area contributed by atoms with Gasteiger partial charge in [-0.2, -0.15) is 0 Å². The topological polar surface area (TPSA) is 25.2 Å². The molecule has 0 unspecified atom stereocenters. The predicted octanol–water partition coefficient (Wildman–Crippen LogP) is 3.57. The Kier molecular flexibility index (Phi) is 3.38. The van der Waals surface area contributed by atoms with E-state index in [1.165, 1.54) is 31.2 Å². The maximum atomic E-state index is 5.52. The summed E-state index contributed by atoms with van der Waals surface area (Å²) < 4.78 is 5.52. The summed E-state index contributed by atoms with van der Waals surface area (Å²) in [7, 11) is 0. The normalized spacial score (nSPS) is 19.2. The largest absolute Gasteiger partial charge is 0.466 e. The van der Waals surface area contributed by atoms with Gasteiger partial charge in [-0.3, -0.25) is 0 Å². The van der Waals surface area contributed by atoms with Gasteiger partial charge in [0.15, 0.2) is 0 Å². The van der Waals surface area contributed by atoms with Crippen LogP contribution in [0.3, 0.4) is 0 Å². The molecule has 1 aliphatic carbocycles. The molecule has 1 fully saturated rings. The van der Waals surface area contributed by atoms with Crippen LogP contribution in [0.5, 0.6) is 0 Å². The van der Waals surface area contributed by atoms with E-state index in [9.17, 15) is 0 Å². The number of hydrogen-bond donors (Lipinski definition) is 1. The molecule has 1 saturated carbocycles. The van der Waals surface area contributed by atoms with E-state index in [1.54, 1.807) is 0 Å². The van der Waals surface area contributed by atoms with E-state index < -0.39 is 0 Å². The molecule has 1 aromatic heterocycles. The molecule has 2 rings (SSSR count). The van der Waals surface area contributed by atoms with Gasteiger partial charge in [-0.15, -0.1) is 0 Å². The molecular formula is C14H23NO. The van der Waals surface area contributed by atoms with Crippen LogP contribution in [0, 0.1) is 19.3 Å². The molecule has 16 heavy (non-hydrogen) atoms. The van der Waals surface area contributed by atoms with Crippen molar-refractivity contribution in [2.45, 2.75) is 53.0 Å². The molecule has 0 spiro atoms. The van der Waals surface area contributed by atoms with Crippen LogP contribution in [-0.2, 0) is 6.54 Å². The van der Waals surface area contributed by atoms with Gasteiger partial charge >= 0.3 is 0 Å². The Bertz CT molecular complexity index is 348. The minimum atomic E-state index is 0.534. The zero-order chi connectivity index (χ0) is 11.6. The summed E-state index contributed by atoms with van der Waals surface area (Å²) in [6, 6.07) is 2.14. The fraction of sp³-hybridized carbons (Fsp3) is 0.714. The molecule has 1 aliphatic rings. The molecule has 0 bridgehead atoms. The third-order valence-corrected chi connectivity index (χ3v) is 3.82. The zero-order valence-electron chi connectivity index (χ0n) is 10.7. The molecule has 0 aromatic carbocycles. The van der Waals surface area contributed by atoms with Crippen molar-refractivity contribution in [1.82, 2.24) is 5.32 Å². The predicted molar refractivity (Wildman–Crippen MR) is 66.5 cm³/mol. The molecule has 2 heteroatoms. The Hall–Kier alpha value is -0.760. The van der Waals surface area contributed by atoms with Crippen LogP contribution in [0.2, 0.25) is 0 Å². The Morgan fingerprint density at radius 3 is 2.56 bits per heavy atom. The smallest absolute Gasteiger partial charge is 0.105 e. The van der Waals surface area contributed by atoms with Crippen molar-refractivity contribution in [3.63, 3.8) is 0 Å². The second-order valence-electron chi connectivity index (χ2n) is 5.56. The third kappa shape index (κ3) is 2.67. The number of hydrogen-bond acceptors (Lipinski definition) is 2. The second-order valence-corrected chi connectivity index (χ2v) is 5.56. The average molecular weight is 221 g/mol. The van der Waals surface area contributed by atoms with Crippen molar-refractivity contribution in [2.24, 2.45) is 5.41 Å². The summed E-state index contributed by atoms with van der Waals surface area (Å²) >= 11 is 0. The van der Waals surface area contributed by atoms with Gasteiger partial charge in [0.1, 0.15) is 11.5 Å². The summed E-state index contributed by atoms with van der Waals surface area (Å²) in [4.78, 5) is 0. The maximum Gasteiger partial charge on any atom is 0.105 e. The van der Waals surface area contributed by atoms with Gasteiger partial charge in [-0.25, -0.2) is 0 Å². The Labute approximate surface area is 98.4 Å². The second kappa shape index (κ2) is 4.62. The number of nitrogens with one attached hydrogen (secondary N) is 1. The van der Waals surface area contributed by atoms with Gasteiger partial charge in [-0.05, 0) is 38.2 Å². The molecule has 1 aromatic rings. The van der Waals surface area contributed by atoms with Crippen molar-refractivity contribution in [1.29, 1.82) is 0 Å². The highest BCUT2D eigenvalue weighted by Crippen LogP contribution is 2.36. The van der Waals surface area contributed by atoms with Gasteiger partial charge in [0.05, 0.1) is 0 Å². The van der Waals surface area contributed by atoms with Gasteiger partial charge in [0.2, 0.25) is 0 Å². The first-order valence-corrected chi connectivity index (χ1v) is 6.36. The standard InChI is InChI=1S/C14H23NO/c1-11-8-13(12(2)16-11)9-15-10-14(3)6-4-5-7-14/h8,15H,4-7,9-10H2,1-3H3. The summed E-state index contributed by atoms with van der Waals surface area (Å²) in [6.07, 6.45) is 5.57. The summed E-state index contributed by atoms with van der Waals surface area (Å²) in [5, 5.41) is 3.58. The van der Waals surface area contributed by atoms with Crippen LogP contribution < -0.4 is 5.32 Å². The average Bonchev–Trinajstić information content (AvgIpc) is 2.75. The van der Waals surface area contributed by atoms with Gasteiger partial charge in [0.25, 0.3) is 0 Å². The molecule has 2 nitrogen and oxygen atoms in total. The van der Waals surface area contributed by atoms with E-state index in [1.807, 2.05) is 13.8 Å². The fourth-order valence-electron chi connectivity index (χ4n) is 2.76. The lowest BCUT2D eigenvalue weighted by Gasteiger charge is -2.23. The molecule has 1 N–H and O–H groups in total. The summed E-state index contributed by atoms with van der Waals surface area (Å²) in [6.45, 7) is 8.53. The van der Waals surface area contributed by atoms with E-state index in [-0.39, 0.29) is 0 Å². The quantitative estimate of drug-likeness (QED) is 0.841. The van der Waals surface area contributed by atoms with Crippen LogP contribution in [0.4, 0.5) is 0 Å².